The van der Waals surface area contributed by atoms with Crippen LogP contribution in [0.25, 0.3) is 22.3 Å². The lowest BCUT2D eigenvalue weighted by atomic mass is 9.94. The lowest BCUT2D eigenvalue weighted by Gasteiger charge is -2.12. The van der Waals surface area contributed by atoms with Gasteiger partial charge in [-0.05, 0) is 47.9 Å². The van der Waals surface area contributed by atoms with Crippen LogP contribution in [0.1, 0.15) is 11.1 Å². The molecule has 1 aromatic heterocycles. The standard InChI is InChI=1S/C20H14F2N2O2S/c1-12-3-4-13(7-14(12)10-23)15-5-6-24-11-17(15)16-8-19(22)20(9-18(16)21)27(2,25)26/h3-9,11H,1-2H3. The van der Waals surface area contributed by atoms with Crippen LogP contribution in [-0.2, 0) is 9.84 Å². The van der Waals surface area contributed by atoms with Crippen molar-refractivity contribution in [2.24, 2.45) is 0 Å². The van der Waals surface area contributed by atoms with Crippen LogP contribution in [0.5, 0.6) is 0 Å². The highest BCUT2D eigenvalue weighted by atomic mass is 32.2. The average Bonchev–Trinajstić information content (AvgIpc) is 2.63. The smallest absolute Gasteiger partial charge is 0.178 e. The molecule has 0 radical (unpaired) electrons. The summed E-state index contributed by atoms with van der Waals surface area (Å²) in [5.74, 6) is -1.91. The van der Waals surface area contributed by atoms with E-state index in [1.807, 2.05) is 0 Å². The Balaban J connectivity index is 2.24. The summed E-state index contributed by atoms with van der Waals surface area (Å²) in [5.41, 5.74) is 2.64. The van der Waals surface area contributed by atoms with E-state index in [2.05, 4.69) is 11.1 Å². The fourth-order valence-corrected chi connectivity index (χ4v) is 3.52. The van der Waals surface area contributed by atoms with Crippen LogP contribution in [-0.4, -0.2) is 19.7 Å². The van der Waals surface area contributed by atoms with Crippen molar-refractivity contribution in [3.8, 4) is 28.3 Å². The molecule has 0 fully saturated rings. The molecule has 3 rings (SSSR count). The van der Waals surface area contributed by atoms with E-state index in [1.54, 1.807) is 31.2 Å². The van der Waals surface area contributed by atoms with Crippen LogP contribution in [0, 0.1) is 29.9 Å². The molecule has 0 atom stereocenters. The van der Waals surface area contributed by atoms with E-state index in [0.29, 0.717) is 28.3 Å². The van der Waals surface area contributed by atoms with Crippen LogP contribution in [0.4, 0.5) is 8.78 Å². The second-order valence-electron chi connectivity index (χ2n) is 6.10. The largest absolute Gasteiger partial charge is 0.264 e. The van der Waals surface area contributed by atoms with Gasteiger partial charge in [0.25, 0.3) is 0 Å². The van der Waals surface area contributed by atoms with Crippen molar-refractivity contribution in [1.29, 1.82) is 5.26 Å². The van der Waals surface area contributed by atoms with Gasteiger partial charge in [-0.2, -0.15) is 5.26 Å². The van der Waals surface area contributed by atoms with Gasteiger partial charge < -0.3 is 0 Å². The Kier molecular flexibility index (Phi) is 4.77. The zero-order valence-corrected chi connectivity index (χ0v) is 15.3. The van der Waals surface area contributed by atoms with Gasteiger partial charge >= 0.3 is 0 Å². The summed E-state index contributed by atoms with van der Waals surface area (Å²) in [6, 6.07) is 10.4. The molecular weight excluding hydrogens is 370 g/mol. The van der Waals surface area contributed by atoms with Crippen molar-refractivity contribution >= 4 is 9.84 Å². The number of hydrogen-bond acceptors (Lipinski definition) is 4. The van der Waals surface area contributed by atoms with E-state index in [0.717, 1.165) is 17.9 Å². The molecule has 27 heavy (non-hydrogen) atoms. The first-order valence-corrected chi connectivity index (χ1v) is 9.76. The predicted octanol–water partition coefficient (Wildman–Crippen LogP) is 4.28. The number of benzene rings is 2. The van der Waals surface area contributed by atoms with Gasteiger partial charge in [-0.15, -0.1) is 0 Å². The lowest BCUT2D eigenvalue weighted by molar-refractivity contribution is 0.557. The minimum atomic E-state index is -3.90. The van der Waals surface area contributed by atoms with Crippen molar-refractivity contribution in [1.82, 2.24) is 4.98 Å². The molecule has 1 heterocycles. The molecule has 0 unspecified atom stereocenters. The summed E-state index contributed by atoms with van der Waals surface area (Å²) >= 11 is 0. The maximum Gasteiger partial charge on any atom is 0.178 e. The van der Waals surface area contributed by atoms with Gasteiger partial charge in [0.1, 0.15) is 16.5 Å². The molecular formula is C20H14F2N2O2S. The molecule has 0 bridgehead atoms. The number of halogens is 2. The van der Waals surface area contributed by atoms with Crippen LogP contribution in [0.2, 0.25) is 0 Å². The van der Waals surface area contributed by atoms with Gasteiger partial charge in [0.2, 0.25) is 0 Å². The van der Waals surface area contributed by atoms with Crippen LogP contribution < -0.4 is 0 Å². The topological polar surface area (TPSA) is 70.8 Å². The molecule has 0 aliphatic rings. The quantitative estimate of drug-likeness (QED) is 0.676. The summed E-state index contributed by atoms with van der Waals surface area (Å²) < 4.78 is 52.1. The molecule has 0 amide bonds. The average molecular weight is 384 g/mol. The Morgan fingerprint density at radius 3 is 2.41 bits per heavy atom. The molecule has 3 aromatic rings. The molecule has 7 heteroatoms. The predicted molar refractivity (Wildman–Crippen MR) is 97.6 cm³/mol. The number of nitrogens with zero attached hydrogens (tertiary/aromatic N) is 2. The van der Waals surface area contributed by atoms with Gasteiger partial charge in [-0.25, -0.2) is 17.2 Å². The molecule has 0 spiro atoms. The second-order valence-corrected chi connectivity index (χ2v) is 8.08. The first-order chi connectivity index (χ1) is 12.7. The number of aryl methyl sites for hydroxylation is 1. The van der Waals surface area contributed by atoms with Crippen molar-refractivity contribution in [3.63, 3.8) is 0 Å². The third kappa shape index (κ3) is 3.57. The van der Waals surface area contributed by atoms with Crippen molar-refractivity contribution in [3.05, 3.63) is 71.6 Å². The first kappa shape index (κ1) is 18.7. The molecule has 4 nitrogen and oxygen atoms in total. The maximum atomic E-state index is 14.6. The minimum absolute atomic E-state index is 0.109. The number of pyridine rings is 1. The summed E-state index contributed by atoms with van der Waals surface area (Å²) in [7, 11) is -3.90. The van der Waals surface area contributed by atoms with E-state index in [4.69, 9.17) is 0 Å². The number of rotatable bonds is 3. The van der Waals surface area contributed by atoms with Gasteiger partial charge in [0.15, 0.2) is 9.84 Å². The molecule has 0 aliphatic carbocycles. The van der Waals surface area contributed by atoms with Crippen LogP contribution in [0.3, 0.4) is 0 Å². The van der Waals surface area contributed by atoms with E-state index in [1.165, 1.54) is 12.4 Å². The fourth-order valence-electron chi connectivity index (χ4n) is 2.79. The van der Waals surface area contributed by atoms with Gasteiger partial charge in [-0.3, -0.25) is 4.98 Å². The summed E-state index contributed by atoms with van der Waals surface area (Å²) in [6.07, 6.45) is 3.69. The highest BCUT2D eigenvalue weighted by Crippen LogP contribution is 2.35. The fraction of sp³-hybridized carbons (Fsp3) is 0.100. The van der Waals surface area contributed by atoms with Gasteiger partial charge in [-0.1, -0.05) is 12.1 Å². The Morgan fingerprint density at radius 2 is 1.74 bits per heavy atom. The first-order valence-electron chi connectivity index (χ1n) is 7.87. The molecule has 0 aliphatic heterocycles. The Hall–Kier alpha value is -3.11. The molecule has 2 aromatic carbocycles. The van der Waals surface area contributed by atoms with E-state index in [-0.39, 0.29) is 5.56 Å². The van der Waals surface area contributed by atoms with Crippen molar-refractivity contribution < 1.29 is 17.2 Å². The lowest BCUT2D eigenvalue weighted by Crippen LogP contribution is -2.03. The van der Waals surface area contributed by atoms with E-state index in [9.17, 15) is 22.5 Å². The monoisotopic (exact) mass is 384 g/mol. The third-order valence-electron chi connectivity index (χ3n) is 4.20. The zero-order chi connectivity index (χ0) is 19.8. The van der Waals surface area contributed by atoms with Crippen molar-refractivity contribution in [2.45, 2.75) is 11.8 Å². The number of aromatic nitrogens is 1. The van der Waals surface area contributed by atoms with E-state index >= 15 is 0 Å². The third-order valence-corrected chi connectivity index (χ3v) is 5.31. The molecule has 0 N–H and O–H groups in total. The Morgan fingerprint density at radius 1 is 1.00 bits per heavy atom. The van der Waals surface area contributed by atoms with Gasteiger partial charge in [0.05, 0.1) is 11.6 Å². The second kappa shape index (κ2) is 6.89. The van der Waals surface area contributed by atoms with E-state index < -0.39 is 26.4 Å². The molecule has 136 valence electrons. The van der Waals surface area contributed by atoms with Crippen LogP contribution in [0.15, 0.2) is 53.7 Å². The van der Waals surface area contributed by atoms with Crippen LogP contribution >= 0.6 is 0 Å². The summed E-state index contributed by atoms with van der Waals surface area (Å²) in [4.78, 5) is 3.28. The van der Waals surface area contributed by atoms with Crippen molar-refractivity contribution in [2.75, 3.05) is 6.26 Å². The normalized spacial score (nSPS) is 11.2. The SMILES string of the molecule is Cc1ccc(-c2ccncc2-c2cc(F)c(S(C)(=O)=O)cc2F)cc1C#N. The zero-order valence-electron chi connectivity index (χ0n) is 14.5. The number of nitriles is 1. The Bertz CT molecular complexity index is 1200. The number of sulfone groups is 1. The molecule has 0 saturated heterocycles. The molecule has 0 saturated carbocycles. The highest BCUT2D eigenvalue weighted by molar-refractivity contribution is 7.90. The summed E-state index contributed by atoms with van der Waals surface area (Å²) in [6.45, 7) is 1.80. The maximum absolute atomic E-state index is 14.6. The summed E-state index contributed by atoms with van der Waals surface area (Å²) in [5, 5.41) is 9.23. The minimum Gasteiger partial charge on any atom is -0.264 e. The highest BCUT2D eigenvalue weighted by Gasteiger charge is 2.20. The van der Waals surface area contributed by atoms with Gasteiger partial charge in [0, 0.05) is 29.8 Å². The number of hydrogen-bond donors (Lipinski definition) is 0. The Labute approximate surface area is 155 Å².